The molecular formula is C21H20F3N3O3. The summed E-state index contributed by atoms with van der Waals surface area (Å²) >= 11 is 0. The lowest BCUT2D eigenvalue weighted by Crippen LogP contribution is -2.52. The van der Waals surface area contributed by atoms with Crippen LogP contribution < -0.4 is 10.6 Å². The number of amides is 3. The van der Waals surface area contributed by atoms with Crippen LogP contribution >= 0.6 is 0 Å². The maximum Gasteiger partial charge on any atom is 0.257 e. The first-order chi connectivity index (χ1) is 14.3. The molecule has 1 saturated heterocycles. The van der Waals surface area contributed by atoms with Crippen LogP contribution in [0.1, 0.15) is 41.7 Å². The summed E-state index contributed by atoms with van der Waals surface area (Å²) in [7, 11) is 0. The summed E-state index contributed by atoms with van der Waals surface area (Å²) in [5, 5.41) is 4.91. The van der Waals surface area contributed by atoms with E-state index in [0.29, 0.717) is 12.5 Å². The van der Waals surface area contributed by atoms with Crippen molar-refractivity contribution in [3.63, 3.8) is 0 Å². The molecule has 1 atom stereocenters. The van der Waals surface area contributed by atoms with Crippen molar-refractivity contribution in [2.75, 3.05) is 18.4 Å². The van der Waals surface area contributed by atoms with Crippen LogP contribution in [-0.2, 0) is 9.59 Å². The molecule has 30 heavy (non-hydrogen) atoms. The Hall–Kier alpha value is -3.36. The van der Waals surface area contributed by atoms with Gasteiger partial charge < -0.3 is 15.5 Å². The minimum Gasteiger partial charge on any atom is -0.352 e. The minimum absolute atomic E-state index is 0.0418. The van der Waals surface area contributed by atoms with Crippen LogP contribution in [0, 0.1) is 17.5 Å². The summed E-state index contributed by atoms with van der Waals surface area (Å²) in [5.41, 5.74) is -0.610. The van der Waals surface area contributed by atoms with E-state index < -0.39 is 46.8 Å². The molecule has 158 valence electrons. The smallest absolute Gasteiger partial charge is 0.257 e. The van der Waals surface area contributed by atoms with Crippen molar-refractivity contribution in [3.8, 4) is 0 Å². The van der Waals surface area contributed by atoms with Gasteiger partial charge in [-0.3, -0.25) is 14.4 Å². The van der Waals surface area contributed by atoms with Crippen LogP contribution in [0.15, 0.2) is 36.4 Å². The fraction of sp³-hybridized carbons (Fsp3) is 0.286. The molecule has 0 bridgehead atoms. The highest BCUT2D eigenvalue weighted by molar-refractivity contribution is 6.00. The van der Waals surface area contributed by atoms with E-state index in [1.165, 1.54) is 18.2 Å². The SMILES string of the molecule is CCCC(=O)Nc1cc(C(=O)N2CCNC(=O)C2c2cccc(F)c2)c(F)cc1F. The maximum atomic E-state index is 14.5. The third kappa shape index (κ3) is 4.45. The summed E-state index contributed by atoms with van der Waals surface area (Å²) in [6.45, 7) is 1.93. The summed E-state index contributed by atoms with van der Waals surface area (Å²) in [6, 6.07) is 5.44. The zero-order chi connectivity index (χ0) is 21.8. The predicted molar refractivity (Wildman–Crippen MR) is 103 cm³/mol. The Balaban J connectivity index is 1.97. The van der Waals surface area contributed by atoms with Crippen molar-refractivity contribution >= 4 is 23.4 Å². The number of rotatable bonds is 5. The lowest BCUT2D eigenvalue weighted by molar-refractivity contribution is -0.128. The van der Waals surface area contributed by atoms with Crippen molar-refractivity contribution in [2.24, 2.45) is 0 Å². The predicted octanol–water partition coefficient (Wildman–Crippen LogP) is 3.16. The molecule has 1 heterocycles. The van der Waals surface area contributed by atoms with Gasteiger partial charge in [0.05, 0.1) is 11.3 Å². The first kappa shape index (κ1) is 21.4. The average Bonchev–Trinajstić information content (AvgIpc) is 2.69. The van der Waals surface area contributed by atoms with E-state index >= 15 is 0 Å². The van der Waals surface area contributed by atoms with Gasteiger partial charge in [-0.05, 0) is 30.2 Å². The number of hydrogen-bond acceptors (Lipinski definition) is 3. The van der Waals surface area contributed by atoms with E-state index in [2.05, 4.69) is 10.6 Å². The highest BCUT2D eigenvalue weighted by Crippen LogP contribution is 2.28. The van der Waals surface area contributed by atoms with E-state index in [1.807, 2.05) is 0 Å². The number of piperazine rings is 1. The molecule has 0 radical (unpaired) electrons. The van der Waals surface area contributed by atoms with Crippen LogP contribution in [-0.4, -0.2) is 35.7 Å². The second-order valence-electron chi connectivity index (χ2n) is 6.86. The molecule has 1 aliphatic heterocycles. The number of benzene rings is 2. The van der Waals surface area contributed by atoms with Crippen LogP contribution in [0.25, 0.3) is 0 Å². The molecule has 3 rings (SSSR count). The molecule has 9 heteroatoms. The van der Waals surface area contributed by atoms with Crippen molar-refractivity contribution in [2.45, 2.75) is 25.8 Å². The third-order valence-electron chi connectivity index (χ3n) is 4.68. The summed E-state index contributed by atoms with van der Waals surface area (Å²) in [6.07, 6.45) is 0.659. The maximum absolute atomic E-state index is 14.5. The van der Waals surface area contributed by atoms with Gasteiger partial charge in [-0.2, -0.15) is 0 Å². The number of hydrogen-bond donors (Lipinski definition) is 2. The normalized spacial score (nSPS) is 16.2. The van der Waals surface area contributed by atoms with Crippen molar-refractivity contribution in [1.82, 2.24) is 10.2 Å². The van der Waals surface area contributed by atoms with Gasteiger partial charge in [0.2, 0.25) is 11.8 Å². The first-order valence-electron chi connectivity index (χ1n) is 9.44. The van der Waals surface area contributed by atoms with Crippen LogP contribution in [0.3, 0.4) is 0 Å². The molecule has 2 N–H and O–H groups in total. The summed E-state index contributed by atoms with van der Waals surface area (Å²) in [4.78, 5) is 38.4. The number of carbonyl (C=O) groups is 3. The first-order valence-corrected chi connectivity index (χ1v) is 9.44. The lowest BCUT2D eigenvalue weighted by atomic mass is 10.0. The van der Waals surface area contributed by atoms with E-state index in [4.69, 9.17) is 0 Å². The third-order valence-corrected chi connectivity index (χ3v) is 4.68. The molecule has 2 aromatic carbocycles. The zero-order valence-corrected chi connectivity index (χ0v) is 16.2. The molecule has 1 unspecified atom stereocenters. The van der Waals surface area contributed by atoms with Gasteiger partial charge in [-0.25, -0.2) is 13.2 Å². The quantitative estimate of drug-likeness (QED) is 0.782. The van der Waals surface area contributed by atoms with E-state index in [1.54, 1.807) is 6.92 Å². The highest BCUT2D eigenvalue weighted by atomic mass is 19.1. The molecule has 1 fully saturated rings. The Kier molecular flexibility index (Phi) is 6.39. The molecule has 0 aliphatic carbocycles. The van der Waals surface area contributed by atoms with Crippen LogP contribution in [0.5, 0.6) is 0 Å². The largest absolute Gasteiger partial charge is 0.352 e. The Morgan fingerprint density at radius 1 is 1.17 bits per heavy atom. The zero-order valence-electron chi connectivity index (χ0n) is 16.2. The Morgan fingerprint density at radius 3 is 2.63 bits per heavy atom. The monoisotopic (exact) mass is 419 g/mol. The van der Waals surface area contributed by atoms with Gasteiger partial charge in [0.15, 0.2) is 0 Å². The number of halogens is 3. The van der Waals surface area contributed by atoms with E-state index in [0.717, 1.165) is 17.0 Å². The highest BCUT2D eigenvalue weighted by Gasteiger charge is 2.36. The van der Waals surface area contributed by atoms with E-state index in [-0.39, 0.29) is 30.8 Å². The summed E-state index contributed by atoms with van der Waals surface area (Å²) in [5.74, 6) is -4.63. The van der Waals surface area contributed by atoms with Gasteiger partial charge in [0.1, 0.15) is 23.5 Å². The molecule has 6 nitrogen and oxygen atoms in total. The fourth-order valence-electron chi connectivity index (χ4n) is 3.30. The molecule has 2 aromatic rings. The van der Waals surface area contributed by atoms with Gasteiger partial charge in [0, 0.05) is 25.6 Å². The van der Waals surface area contributed by atoms with Gasteiger partial charge in [-0.15, -0.1) is 0 Å². The van der Waals surface area contributed by atoms with Crippen LogP contribution in [0.4, 0.5) is 18.9 Å². The minimum atomic E-state index is -1.18. The Morgan fingerprint density at radius 2 is 1.93 bits per heavy atom. The molecule has 1 aliphatic rings. The van der Waals surface area contributed by atoms with Crippen molar-refractivity contribution in [3.05, 3.63) is 65.0 Å². The number of nitrogens with one attached hydrogen (secondary N) is 2. The fourth-order valence-corrected chi connectivity index (χ4v) is 3.30. The number of carbonyl (C=O) groups excluding carboxylic acids is 3. The van der Waals surface area contributed by atoms with E-state index in [9.17, 15) is 27.6 Å². The van der Waals surface area contributed by atoms with Crippen LogP contribution in [0.2, 0.25) is 0 Å². The van der Waals surface area contributed by atoms with Gasteiger partial charge in [-0.1, -0.05) is 19.1 Å². The van der Waals surface area contributed by atoms with Gasteiger partial charge >= 0.3 is 0 Å². The Labute approximate surface area is 171 Å². The standard InChI is InChI=1S/C21H20F3N3O3/c1-2-4-18(28)26-17-10-14(15(23)11-16(17)24)21(30)27-8-7-25-20(29)19(27)12-5-3-6-13(22)9-12/h3,5-6,9-11,19H,2,4,7-8H2,1H3,(H,25,29)(H,26,28). The molecule has 0 spiro atoms. The second-order valence-corrected chi connectivity index (χ2v) is 6.86. The summed E-state index contributed by atoms with van der Waals surface area (Å²) < 4.78 is 42.2. The molecule has 0 aromatic heterocycles. The van der Waals surface area contributed by atoms with Crippen molar-refractivity contribution in [1.29, 1.82) is 0 Å². The van der Waals surface area contributed by atoms with Crippen molar-refractivity contribution < 1.29 is 27.6 Å². The Bertz CT molecular complexity index is 997. The molecular weight excluding hydrogens is 399 g/mol. The van der Waals surface area contributed by atoms with Gasteiger partial charge in [0.25, 0.3) is 5.91 Å². The number of nitrogens with zero attached hydrogens (tertiary/aromatic N) is 1. The second kappa shape index (κ2) is 8.98. The lowest BCUT2D eigenvalue weighted by Gasteiger charge is -2.35. The topological polar surface area (TPSA) is 78.5 Å². The molecule has 3 amide bonds. The molecule has 0 saturated carbocycles. The number of anilines is 1. The average molecular weight is 419 g/mol.